The highest BCUT2D eigenvalue weighted by Crippen LogP contribution is 2.22. The number of ether oxygens (including phenoxy) is 2. The molecule has 2 aromatic carbocycles. The van der Waals surface area contributed by atoms with Crippen LogP contribution in [0.1, 0.15) is 16.1 Å². The van der Waals surface area contributed by atoms with Crippen molar-refractivity contribution in [3.63, 3.8) is 0 Å². The first-order valence-electron chi connectivity index (χ1n) is 9.31. The first-order valence-corrected chi connectivity index (χ1v) is 10.1. The summed E-state index contributed by atoms with van der Waals surface area (Å²) in [6.07, 6.45) is 0. The minimum absolute atomic E-state index is 0.250. The fraction of sp³-hybridized carbons (Fsp3) is 0.182. The number of methoxy groups -OCH3 is 1. The molecule has 0 aliphatic rings. The number of esters is 1. The molecule has 0 saturated heterocycles. The van der Waals surface area contributed by atoms with Gasteiger partial charge in [0.05, 0.1) is 36.1 Å². The average molecular weight is 486 g/mol. The van der Waals surface area contributed by atoms with Gasteiger partial charge >= 0.3 is 5.97 Å². The number of para-hydroxylation sites is 1. The number of rotatable bonds is 7. The number of anilines is 1. The first kappa shape index (κ1) is 22.2. The number of amides is 2. The Balaban J connectivity index is 1.54. The van der Waals surface area contributed by atoms with Crippen LogP contribution in [0.25, 0.3) is 10.9 Å². The molecule has 2 amide bonds. The van der Waals surface area contributed by atoms with E-state index in [1.165, 1.54) is 0 Å². The van der Waals surface area contributed by atoms with E-state index in [-0.39, 0.29) is 12.1 Å². The molecule has 0 aliphatic carbocycles. The Labute approximate surface area is 187 Å². The van der Waals surface area contributed by atoms with Gasteiger partial charge in [0.25, 0.3) is 5.91 Å². The van der Waals surface area contributed by atoms with Crippen LogP contribution in [0.5, 0.6) is 5.75 Å². The highest BCUT2D eigenvalue weighted by atomic mass is 79.9. The van der Waals surface area contributed by atoms with Crippen LogP contribution >= 0.6 is 15.9 Å². The largest absolute Gasteiger partial charge is 0.497 e. The number of aryl methyl sites for hydroxylation is 1. The van der Waals surface area contributed by atoms with E-state index in [0.29, 0.717) is 28.0 Å². The number of benzene rings is 2. The van der Waals surface area contributed by atoms with Crippen molar-refractivity contribution in [3.8, 4) is 5.75 Å². The van der Waals surface area contributed by atoms with Gasteiger partial charge in [-0.3, -0.25) is 14.6 Å². The first-order chi connectivity index (χ1) is 14.9. The summed E-state index contributed by atoms with van der Waals surface area (Å²) in [5.74, 6) is -1.04. The number of fused-ring (bicyclic) bond motifs is 1. The Morgan fingerprint density at radius 3 is 2.58 bits per heavy atom. The highest BCUT2D eigenvalue weighted by molar-refractivity contribution is 9.10. The lowest BCUT2D eigenvalue weighted by atomic mass is 10.1. The maximum absolute atomic E-state index is 12.4. The number of carbonyl (C=O) groups excluding carboxylic acids is 3. The van der Waals surface area contributed by atoms with Gasteiger partial charge in [0.15, 0.2) is 6.61 Å². The second-order valence-corrected chi connectivity index (χ2v) is 7.42. The normalized spacial score (nSPS) is 10.4. The van der Waals surface area contributed by atoms with Crippen LogP contribution in [-0.4, -0.2) is 43.0 Å². The summed E-state index contributed by atoms with van der Waals surface area (Å²) in [5, 5.41) is 5.79. The number of carbonyl (C=O) groups is 3. The molecule has 1 heterocycles. The molecule has 0 bridgehead atoms. The predicted octanol–water partition coefficient (Wildman–Crippen LogP) is 3.23. The summed E-state index contributed by atoms with van der Waals surface area (Å²) in [6.45, 7) is 0.914. The Kier molecular flexibility index (Phi) is 7.19. The second-order valence-electron chi connectivity index (χ2n) is 6.56. The van der Waals surface area contributed by atoms with Crippen LogP contribution < -0.4 is 15.4 Å². The molecule has 9 heteroatoms. The van der Waals surface area contributed by atoms with Crippen LogP contribution in [0.3, 0.4) is 0 Å². The third-order valence-corrected chi connectivity index (χ3v) is 5.05. The molecule has 0 atom stereocenters. The third kappa shape index (κ3) is 5.79. The molecular weight excluding hydrogens is 466 g/mol. The molecule has 0 fully saturated rings. The Morgan fingerprint density at radius 1 is 1.06 bits per heavy atom. The molecule has 0 spiro atoms. The van der Waals surface area contributed by atoms with Crippen molar-refractivity contribution in [2.45, 2.75) is 6.92 Å². The number of pyridine rings is 1. The van der Waals surface area contributed by atoms with Crippen molar-refractivity contribution in [1.29, 1.82) is 0 Å². The second kappa shape index (κ2) is 10.0. The summed E-state index contributed by atoms with van der Waals surface area (Å²) in [5.41, 5.74) is 2.03. The fourth-order valence-electron chi connectivity index (χ4n) is 2.78. The van der Waals surface area contributed by atoms with Gasteiger partial charge in [-0.15, -0.1) is 0 Å². The van der Waals surface area contributed by atoms with E-state index < -0.39 is 24.4 Å². The minimum atomic E-state index is -0.678. The van der Waals surface area contributed by atoms with Gasteiger partial charge in [-0.1, -0.05) is 12.1 Å². The summed E-state index contributed by atoms with van der Waals surface area (Å²) >= 11 is 3.32. The molecule has 1 aromatic heterocycles. The van der Waals surface area contributed by atoms with Gasteiger partial charge in [-0.25, -0.2) is 4.79 Å². The molecule has 31 heavy (non-hydrogen) atoms. The molecule has 160 valence electrons. The molecule has 0 unspecified atom stereocenters. The third-order valence-electron chi connectivity index (χ3n) is 4.36. The van der Waals surface area contributed by atoms with E-state index in [9.17, 15) is 14.4 Å². The fourth-order valence-corrected chi connectivity index (χ4v) is 3.16. The Bertz CT molecular complexity index is 1150. The lowest BCUT2D eigenvalue weighted by molar-refractivity contribution is -0.126. The average Bonchev–Trinajstić information content (AvgIpc) is 2.76. The zero-order chi connectivity index (χ0) is 22.4. The Morgan fingerprint density at radius 2 is 1.84 bits per heavy atom. The maximum atomic E-state index is 12.4. The van der Waals surface area contributed by atoms with Crippen molar-refractivity contribution in [1.82, 2.24) is 10.3 Å². The lowest BCUT2D eigenvalue weighted by Gasteiger charge is -2.10. The standard InChI is InChI=1S/C22H20BrN3O5/c1-13-16(10-14-9-15(30-2)7-8-18(14)25-13)22(29)31-12-21(28)24-11-20(27)26-19-6-4-3-5-17(19)23/h3-10H,11-12H2,1-2H3,(H,24,28)(H,26,27). The number of hydrogen-bond donors (Lipinski definition) is 2. The summed E-state index contributed by atoms with van der Waals surface area (Å²) in [7, 11) is 1.55. The quantitative estimate of drug-likeness (QED) is 0.497. The molecular formula is C22H20BrN3O5. The van der Waals surface area contributed by atoms with E-state index in [0.717, 1.165) is 4.47 Å². The monoisotopic (exact) mass is 485 g/mol. The summed E-state index contributed by atoms with van der Waals surface area (Å²) < 4.78 is 11.0. The smallest absolute Gasteiger partial charge is 0.340 e. The molecule has 3 aromatic rings. The van der Waals surface area contributed by atoms with Gasteiger partial charge in [-0.2, -0.15) is 0 Å². The minimum Gasteiger partial charge on any atom is -0.497 e. The summed E-state index contributed by atoms with van der Waals surface area (Å²) in [4.78, 5) is 40.8. The zero-order valence-corrected chi connectivity index (χ0v) is 18.5. The number of hydrogen-bond acceptors (Lipinski definition) is 6. The number of nitrogens with zero attached hydrogens (tertiary/aromatic N) is 1. The van der Waals surface area contributed by atoms with Crippen molar-refractivity contribution in [2.75, 3.05) is 25.6 Å². The van der Waals surface area contributed by atoms with Crippen molar-refractivity contribution >= 4 is 50.3 Å². The number of nitrogens with one attached hydrogen (secondary N) is 2. The summed E-state index contributed by atoms with van der Waals surface area (Å²) in [6, 6.07) is 14.1. The molecule has 2 N–H and O–H groups in total. The SMILES string of the molecule is COc1ccc2nc(C)c(C(=O)OCC(=O)NCC(=O)Nc3ccccc3Br)cc2c1. The number of aromatic nitrogens is 1. The van der Waals surface area contributed by atoms with Crippen LogP contribution in [0, 0.1) is 6.92 Å². The van der Waals surface area contributed by atoms with Gasteiger partial charge < -0.3 is 20.1 Å². The van der Waals surface area contributed by atoms with Crippen LogP contribution in [-0.2, 0) is 14.3 Å². The predicted molar refractivity (Wildman–Crippen MR) is 119 cm³/mol. The van der Waals surface area contributed by atoms with Crippen molar-refractivity contribution < 1.29 is 23.9 Å². The molecule has 0 radical (unpaired) electrons. The molecule has 8 nitrogen and oxygen atoms in total. The Hall–Kier alpha value is -3.46. The van der Waals surface area contributed by atoms with Crippen LogP contribution in [0.15, 0.2) is 53.0 Å². The maximum Gasteiger partial charge on any atom is 0.340 e. The topological polar surface area (TPSA) is 107 Å². The van der Waals surface area contributed by atoms with Gasteiger partial charge in [0, 0.05) is 9.86 Å². The molecule has 0 saturated carbocycles. The van der Waals surface area contributed by atoms with E-state index in [1.807, 2.05) is 6.07 Å². The van der Waals surface area contributed by atoms with Crippen LogP contribution in [0.2, 0.25) is 0 Å². The van der Waals surface area contributed by atoms with Gasteiger partial charge in [-0.05, 0) is 59.3 Å². The lowest BCUT2D eigenvalue weighted by Crippen LogP contribution is -2.35. The van der Waals surface area contributed by atoms with Crippen molar-refractivity contribution in [2.24, 2.45) is 0 Å². The zero-order valence-electron chi connectivity index (χ0n) is 16.9. The van der Waals surface area contributed by atoms with Crippen LogP contribution in [0.4, 0.5) is 5.69 Å². The van der Waals surface area contributed by atoms with Gasteiger partial charge in [0.2, 0.25) is 5.91 Å². The van der Waals surface area contributed by atoms with E-state index in [2.05, 4.69) is 31.5 Å². The van der Waals surface area contributed by atoms with E-state index in [4.69, 9.17) is 9.47 Å². The molecule has 0 aliphatic heterocycles. The van der Waals surface area contributed by atoms with Crippen molar-refractivity contribution in [3.05, 3.63) is 64.3 Å². The molecule has 3 rings (SSSR count). The van der Waals surface area contributed by atoms with Gasteiger partial charge in [0.1, 0.15) is 5.75 Å². The highest BCUT2D eigenvalue weighted by Gasteiger charge is 2.16. The van der Waals surface area contributed by atoms with E-state index in [1.54, 1.807) is 56.5 Å². The van der Waals surface area contributed by atoms with E-state index >= 15 is 0 Å². The number of halogens is 1.